The Kier molecular flexibility index (Phi) is 6.30. The number of rotatable bonds is 6. The fraction of sp³-hybridized carbons (Fsp3) is 0.533. The number of alkyl halides is 1. The molecule has 1 amide bonds. The monoisotopic (exact) mass is 299 g/mol. The molecular weight excluding hydrogens is 278 g/mol. The first-order valence-electron chi connectivity index (χ1n) is 6.55. The van der Waals surface area contributed by atoms with Gasteiger partial charge in [0.2, 0.25) is 5.91 Å². The standard InChI is InChI=1S/C15H22ClNO3/c1-10(2)12-7-6-8-13(20-5)15(12)17(11(3)19-4)14(18)9-16/h6-8,10-11H,9H2,1-5H3. The van der Waals surface area contributed by atoms with Crippen molar-refractivity contribution < 1.29 is 14.3 Å². The molecule has 0 saturated heterocycles. The molecule has 1 aromatic carbocycles. The molecule has 5 heteroatoms. The van der Waals surface area contributed by atoms with Crippen molar-refractivity contribution >= 4 is 23.2 Å². The Bertz CT molecular complexity index is 462. The van der Waals surface area contributed by atoms with Crippen molar-refractivity contribution in [3.8, 4) is 5.75 Å². The summed E-state index contributed by atoms with van der Waals surface area (Å²) in [6, 6.07) is 5.73. The number of ether oxygens (including phenoxy) is 2. The number of hydrogen-bond donors (Lipinski definition) is 0. The minimum atomic E-state index is -0.421. The highest BCUT2D eigenvalue weighted by atomic mass is 35.5. The Labute approximate surface area is 125 Å². The van der Waals surface area contributed by atoms with Gasteiger partial charge in [-0.2, -0.15) is 0 Å². The topological polar surface area (TPSA) is 38.8 Å². The van der Waals surface area contributed by atoms with Crippen LogP contribution in [0.25, 0.3) is 0 Å². The van der Waals surface area contributed by atoms with Crippen LogP contribution in [0.4, 0.5) is 5.69 Å². The normalized spacial score (nSPS) is 12.3. The zero-order chi connectivity index (χ0) is 15.3. The van der Waals surface area contributed by atoms with Crippen LogP contribution in [-0.4, -0.2) is 32.2 Å². The van der Waals surface area contributed by atoms with Gasteiger partial charge in [0.15, 0.2) is 0 Å². The van der Waals surface area contributed by atoms with Gasteiger partial charge in [-0.3, -0.25) is 9.69 Å². The second kappa shape index (κ2) is 7.50. The second-order valence-corrected chi connectivity index (χ2v) is 5.05. The van der Waals surface area contributed by atoms with Crippen molar-refractivity contribution in [3.05, 3.63) is 23.8 Å². The van der Waals surface area contributed by atoms with Crippen molar-refractivity contribution in [1.82, 2.24) is 0 Å². The van der Waals surface area contributed by atoms with Gasteiger partial charge in [-0.05, 0) is 24.5 Å². The van der Waals surface area contributed by atoms with Gasteiger partial charge in [-0.25, -0.2) is 0 Å². The number of amides is 1. The summed E-state index contributed by atoms with van der Waals surface area (Å²) >= 11 is 5.74. The third-order valence-corrected chi connectivity index (χ3v) is 3.43. The fourth-order valence-corrected chi connectivity index (χ4v) is 2.24. The Balaban J connectivity index is 3.48. The van der Waals surface area contributed by atoms with Gasteiger partial charge in [-0.1, -0.05) is 26.0 Å². The van der Waals surface area contributed by atoms with E-state index >= 15 is 0 Å². The summed E-state index contributed by atoms with van der Waals surface area (Å²) in [4.78, 5) is 13.8. The minimum Gasteiger partial charge on any atom is -0.495 e. The third kappa shape index (κ3) is 3.44. The molecular formula is C15H22ClNO3. The van der Waals surface area contributed by atoms with Crippen LogP contribution in [0.3, 0.4) is 0 Å². The highest BCUT2D eigenvalue weighted by Gasteiger charge is 2.27. The van der Waals surface area contributed by atoms with E-state index in [1.54, 1.807) is 26.0 Å². The number of benzene rings is 1. The van der Waals surface area contributed by atoms with Gasteiger partial charge in [0, 0.05) is 7.11 Å². The SMILES string of the molecule is COc1cccc(C(C)C)c1N(C(=O)CCl)C(C)OC. The van der Waals surface area contributed by atoms with Crippen LogP contribution in [0.2, 0.25) is 0 Å². The van der Waals surface area contributed by atoms with E-state index in [9.17, 15) is 4.79 Å². The minimum absolute atomic E-state index is 0.108. The van der Waals surface area contributed by atoms with Crippen molar-refractivity contribution in [2.24, 2.45) is 0 Å². The molecule has 4 nitrogen and oxygen atoms in total. The summed E-state index contributed by atoms with van der Waals surface area (Å²) < 4.78 is 10.7. The Morgan fingerprint density at radius 2 is 1.95 bits per heavy atom. The zero-order valence-corrected chi connectivity index (χ0v) is 13.4. The first kappa shape index (κ1) is 16.8. The number of carbonyl (C=O) groups excluding carboxylic acids is 1. The summed E-state index contributed by atoms with van der Waals surface area (Å²) in [6.07, 6.45) is -0.421. The highest BCUT2D eigenvalue weighted by Crippen LogP contribution is 2.37. The van der Waals surface area contributed by atoms with Crippen LogP contribution in [0, 0.1) is 0 Å². The van der Waals surface area contributed by atoms with Gasteiger partial charge in [-0.15, -0.1) is 11.6 Å². The third-order valence-electron chi connectivity index (χ3n) is 3.20. The van der Waals surface area contributed by atoms with E-state index in [0.29, 0.717) is 5.75 Å². The molecule has 20 heavy (non-hydrogen) atoms. The van der Waals surface area contributed by atoms with Crippen LogP contribution in [0.1, 0.15) is 32.3 Å². The number of methoxy groups -OCH3 is 2. The lowest BCUT2D eigenvalue weighted by atomic mass is 9.99. The summed E-state index contributed by atoms with van der Waals surface area (Å²) in [7, 11) is 3.15. The molecule has 0 aromatic heterocycles. The molecule has 0 bridgehead atoms. The van der Waals surface area contributed by atoms with Gasteiger partial charge in [0.1, 0.15) is 17.9 Å². The summed E-state index contributed by atoms with van der Waals surface area (Å²) in [5.41, 5.74) is 1.75. The number of carbonyl (C=O) groups is 1. The molecule has 112 valence electrons. The number of para-hydroxylation sites is 1. The van der Waals surface area contributed by atoms with Gasteiger partial charge in [0.25, 0.3) is 0 Å². The van der Waals surface area contributed by atoms with Crippen molar-refractivity contribution in [2.45, 2.75) is 32.9 Å². The van der Waals surface area contributed by atoms with E-state index in [4.69, 9.17) is 21.1 Å². The maximum Gasteiger partial charge on any atom is 0.244 e. The number of halogens is 1. The van der Waals surface area contributed by atoms with E-state index in [-0.39, 0.29) is 17.7 Å². The van der Waals surface area contributed by atoms with Gasteiger partial charge >= 0.3 is 0 Å². The smallest absolute Gasteiger partial charge is 0.244 e. The largest absolute Gasteiger partial charge is 0.495 e. The van der Waals surface area contributed by atoms with Crippen LogP contribution < -0.4 is 9.64 Å². The number of anilines is 1. The van der Waals surface area contributed by atoms with Crippen molar-refractivity contribution in [2.75, 3.05) is 25.0 Å². The van der Waals surface area contributed by atoms with E-state index in [1.807, 2.05) is 18.2 Å². The quantitative estimate of drug-likeness (QED) is 0.597. The van der Waals surface area contributed by atoms with Crippen LogP contribution in [0.15, 0.2) is 18.2 Å². The molecule has 0 aliphatic rings. The van der Waals surface area contributed by atoms with Gasteiger partial charge in [0.05, 0.1) is 12.8 Å². The predicted octanol–water partition coefficient (Wildman–Crippen LogP) is 3.38. The average Bonchev–Trinajstić information content (AvgIpc) is 2.46. The molecule has 0 N–H and O–H groups in total. The maximum absolute atomic E-state index is 12.2. The van der Waals surface area contributed by atoms with Crippen LogP contribution in [-0.2, 0) is 9.53 Å². The second-order valence-electron chi connectivity index (χ2n) is 4.79. The summed E-state index contributed by atoms with van der Waals surface area (Å²) in [5, 5.41) is 0. The van der Waals surface area contributed by atoms with Gasteiger partial charge < -0.3 is 9.47 Å². The van der Waals surface area contributed by atoms with E-state index in [1.165, 1.54) is 0 Å². The maximum atomic E-state index is 12.2. The molecule has 0 saturated carbocycles. The van der Waals surface area contributed by atoms with E-state index in [2.05, 4.69) is 13.8 Å². The summed E-state index contributed by atoms with van der Waals surface area (Å²) in [5.74, 6) is 0.560. The molecule has 0 aliphatic heterocycles. The molecule has 1 unspecified atom stereocenters. The molecule has 1 atom stereocenters. The molecule has 1 rings (SSSR count). The highest BCUT2D eigenvalue weighted by molar-refractivity contribution is 6.29. The molecule has 1 aromatic rings. The Hall–Kier alpha value is -1.26. The predicted molar refractivity (Wildman–Crippen MR) is 81.8 cm³/mol. The molecule has 0 spiro atoms. The lowest BCUT2D eigenvalue weighted by Crippen LogP contribution is -2.41. The summed E-state index contributed by atoms with van der Waals surface area (Å²) in [6.45, 7) is 5.94. The number of hydrogen-bond acceptors (Lipinski definition) is 3. The van der Waals surface area contributed by atoms with Crippen molar-refractivity contribution in [1.29, 1.82) is 0 Å². The first-order valence-corrected chi connectivity index (χ1v) is 7.09. The average molecular weight is 300 g/mol. The molecule has 0 fully saturated rings. The van der Waals surface area contributed by atoms with Crippen LogP contribution >= 0.6 is 11.6 Å². The van der Waals surface area contributed by atoms with E-state index in [0.717, 1.165) is 11.3 Å². The first-order chi connectivity index (χ1) is 9.47. The Morgan fingerprint density at radius 3 is 2.40 bits per heavy atom. The van der Waals surface area contributed by atoms with E-state index < -0.39 is 6.23 Å². The van der Waals surface area contributed by atoms with Crippen LogP contribution in [0.5, 0.6) is 5.75 Å². The Morgan fingerprint density at radius 1 is 1.30 bits per heavy atom. The molecule has 0 radical (unpaired) electrons. The fourth-order valence-electron chi connectivity index (χ4n) is 2.11. The lowest BCUT2D eigenvalue weighted by Gasteiger charge is -2.31. The lowest BCUT2D eigenvalue weighted by molar-refractivity contribution is -0.118. The molecule has 0 aliphatic carbocycles. The molecule has 0 heterocycles. The zero-order valence-electron chi connectivity index (χ0n) is 12.6. The van der Waals surface area contributed by atoms with Crippen molar-refractivity contribution in [3.63, 3.8) is 0 Å². The number of nitrogens with zero attached hydrogens (tertiary/aromatic N) is 1.